The van der Waals surface area contributed by atoms with Crippen molar-refractivity contribution < 1.29 is 0 Å². The summed E-state index contributed by atoms with van der Waals surface area (Å²) in [6.45, 7) is 5.32. The van der Waals surface area contributed by atoms with Crippen molar-refractivity contribution in [1.82, 2.24) is 15.1 Å². The number of rotatable bonds is 7. The Kier molecular flexibility index (Phi) is 6.43. The molecule has 20 heavy (non-hydrogen) atoms. The van der Waals surface area contributed by atoms with Gasteiger partial charge in [0.05, 0.1) is 5.69 Å². The van der Waals surface area contributed by atoms with E-state index >= 15 is 0 Å². The Morgan fingerprint density at radius 3 is 2.75 bits per heavy atom. The molecule has 1 aromatic rings. The molecule has 1 N–H and O–H groups in total. The molecule has 1 aliphatic rings. The van der Waals surface area contributed by atoms with Crippen molar-refractivity contribution in [3.05, 3.63) is 17.5 Å². The molecule has 0 aromatic carbocycles. The van der Waals surface area contributed by atoms with Crippen LogP contribution in [-0.2, 0) is 13.5 Å². The number of likely N-dealkylation sites (N-methyl/N-ethyl adjacent to an activating group) is 1. The Labute approximate surface area is 127 Å². The molecule has 114 valence electrons. The third-order valence-electron chi connectivity index (χ3n) is 4.13. The fourth-order valence-corrected chi connectivity index (χ4v) is 4.48. The number of thioether (sulfide) groups is 1. The molecule has 0 radical (unpaired) electrons. The van der Waals surface area contributed by atoms with Gasteiger partial charge < -0.3 is 5.32 Å². The fraction of sp³-hybridized carbons (Fsp3) is 0.812. The maximum atomic E-state index is 4.46. The summed E-state index contributed by atoms with van der Waals surface area (Å²) in [7, 11) is 2.06. The van der Waals surface area contributed by atoms with E-state index in [1.54, 1.807) is 0 Å². The molecule has 1 heterocycles. The first-order valence-electron chi connectivity index (χ1n) is 8.03. The Hall–Kier alpha value is -0.480. The van der Waals surface area contributed by atoms with E-state index in [-0.39, 0.29) is 0 Å². The molecule has 1 unspecified atom stereocenters. The second-order valence-corrected chi connectivity index (χ2v) is 7.29. The van der Waals surface area contributed by atoms with Crippen LogP contribution in [-0.4, -0.2) is 33.4 Å². The van der Waals surface area contributed by atoms with Crippen LogP contribution in [0.25, 0.3) is 0 Å². The molecule has 1 aromatic heterocycles. The van der Waals surface area contributed by atoms with Crippen molar-refractivity contribution in [3.63, 3.8) is 0 Å². The third kappa shape index (κ3) is 4.81. The van der Waals surface area contributed by atoms with Gasteiger partial charge in [0.1, 0.15) is 0 Å². The zero-order valence-electron chi connectivity index (χ0n) is 13.2. The van der Waals surface area contributed by atoms with E-state index in [0.717, 1.165) is 23.9 Å². The Morgan fingerprint density at radius 2 is 2.15 bits per heavy atom. The molecule has 0 amide bonds. The number of hydrogen-bond donors (Lipinski definition) is 1. The first kappa shape index (κ1) is 15.9. The van der Waals surface area contributed by atoms with Crippen molar-refractivity contribution >= 4 is 11.8 Å². The van der Waals surface area contributed by atoms with Gasteiger partial charge in [-0.2, -0.15) is 16.9 Å². The van der Waals surface area contributed by atoms with Crippen molar-refractivity contribution in [2.75, 3.05) is 12.3 Å². The van der Waals surface area contributed by atoms with Crippen LogP contribution in [0, 0.1) is 6.92 Å². The minimum atomic E-state index is 0.571. The van der Waals surface area contributed by atoms with Crippen molar-refractivity contribution in [2.24, 2.45) is 7.05 Å². The van der Waals surface area contributed by atoms with Gasteiger partial charge >= 0.3 is 0 Å². The van der Waals surface area contributed by atoms with E-state index in [0.29, 0.717) is 6.04 Å². The highest BCUT2D eigenvalue weighted by Crippen LogP contribution is 2.28. The monoisotopic (exact) mass is 295 g/mol. The second kappa shape index (κ2) is 8.08. The maximum absolute atomic E-state index is 4.46. The number of nitrogens with zero attached hydrogens (tertiary/aromatic N) is 2. The lowest BCUT2D eigenvalue weighted by atomic mass is 10.0. The highest BCUT2D eigenvalue weighted by Gasteiger charge is 2.17. The van der Waals surface area contributed by atoms with Crippen LogP contribution in [0.4, 0.5) is 0 Å². The zero-order valence-corrected chi connectivity index (χ0v) is 14.0. The van der Waals surface area contributed by atoms with Crippen molar-refractivity contribution in [3.8, 4) is 0 Å². The average Bonchev–Trinajstić information content (AvgIpc) is 2.76. The summed E-state index contributed by atoms with van der Waals surface area (Å²) in [4.78, 5) is 0. The van der Waals surface area contributed by atoms with Crippen LogP contribution in [0.3, 0.4) is 0 Å². The lowest BCUT2D eigenvalue weighted by Crippen LogP contribution is -2.34. The molecular formula is C16H29N3S. The Morgan fingerprint density at radius 1 is 1.40 bits per heavy atom. The van der Waals surface area contributed by atoms with Crippen molar-refractivity contribution in [2.45, 2.75) is 63.7 Å². The van der Waals surface area contributed by atoms with Gasteiger partial charge in [0.2, 0.25) is 0 Å². The van der Waals surface area contributed by atoms with Crippen LogP contribution in [0.5, 0.6) is 0 Å². The average molecular weight is 295 g/mol. The van der Waals surface area contributed by atoms with E-state index in [2.05, 4.69) is 49.1 Å². The molecule has 1 aliphatic carbocycles. The quantitative estimate of drug-likeness (QED) is 0.837. The predicted molar refractivity (Wildman–Crippen MR) is 88.4 cm³/mol. The van der Waals surface area contributed by atoms with Gasteiger partial charge in [-0.25, -0.2) is 0 Å². The molecule has 0 saturated heterocycles. The molecule has 0 bridgehead atoms. The Balaban J connectivity index is 1.84. The van der Waals surface area contributed by atoms with Gasteiger partial charge in [-0.05, 0) is 32.4 Å². The largest absolute Gasteiger partial charge is 0.313 e. The highest BCUT2D eigenvalue weighted by atomic mass is 32.2. The smallest absolute Gasteiger partial charge is 0.0596 e. The van der Waals surface area contributed by atoms with E-state index < -0.39 is 0 Å². The molecule has 1 atom stereocenters. The normalized spacial score (nSPS) is 18.4. The SMILES string of the molecule is CCNC(CSC1CCCCC1)Cc1cc(C)nn1C. The number of hydrogen-bond acceptors (Lipinski definition) is 3. The van der Waals surface area contributed by atoms with Gasteiger partial charge in [-0.3, -0.25) is 4.68 Å². The first-order valence-corrected chi connectivity index (χ1v) is 9.08. The summed E-state index contributed by atoms with van der Waals surface area (Å²) in [5.41, 5.74) is 2.47. The van der Waals surface area contributed by atoms with E-state index in [9.17, 15) is 0 Å². The molecule has 0 spiro atoms. The van der Waals surface area contributed by atoms with Gasteiger partial charge in [0.15, 0.2) is 0 Å². The third-order valence-corrected chi connectivity index (χ3v) is 5.67. The minimum Gasteiger partial charge on any atom is -0.313 e. The molecular weight excluding hydrogens is 266 g/mol. The highest BCUT2D eigenvalue weighted by molar-refractivity contribution is 7.99. The van der Waals surface area contributed by atoms with Crippen molar-refractivity contribution in [1.29, 1.82) is 0 Å². The van der Waals surface area contributed by atoms with E-state index in [1.807, 2.05) is 4.68 Å². The summed E-state index contributed by atoms with van der Waals surface area (Å²) in [5.74, 6) is 1.22. The lowest BCUT2D eigenvalue weighted by molar-refractivity contribution is 0.511. The summed E-state index contributed by atoms with van der Waals surface area (Å²) in [6.07, 6.45) is 8.25. The van der Waals surface area contributed by atoms with E-state index in [4.69, 9.17) is 0 Å². The van der Waals surface area contributed by atoms with Crippen LogP contribution in [0.15, 0.2) is 6.07 Å². The topological polar surface area (TPSA) is 29.9 Å². The molecule has 3 nitrogen and oxygen atoms in total. The van der Waals surface area contributed by atoms with Crippen LogP contribution in [0.2, 0.25) is 0 Å². The van der Waals surface area contributed by atoms with Crippen LogP contribution < -0.4 is 5.32 Å². The predicted octanol–water partition coefficient (Wildman–Crippen LogP) is 3.32. The standard InChI is InChI=1S/C16H29N3S/c1-4-17-14(11-15-10-13(2)18-19(15)3)12-20-16-8-6-5-7-9-16/h10,14,16-17H,4-9,11-12H2,1-3H3. The number of aryl methyl sites for hydroxylation is 2. The minimum absolute atomic E-state index is 0.571. The zero-order chi connectivity index (χ0) is 14.4. The number of aromatic nitrogens is 2. The molecule has 1 fully saturated rings. The van der Waals surface area contributed by atoms with Crippen LogP contribution in [0.1, 0.15) is 50.4 Å². The second-order valence-electron chi connectivity index (χ2n) is 5.95. The van der Waals surface area contributed by atoms with Gasteiger partial charge in [-0.15, -0.1) is 0 Å². The molecule has 1 saturated carbocycles. The fourth-order valence-electron chi connectivity index (χ4n) is 3.07. The molecule has 0 aliphatic heterocycles. The first-order chi connectivity index (χ1) is 9.69. The number of nitrogens with one attached hydrogen (secondary N) is 1. The van der Waals surface area contributed by atoms with Gasteiger partial charge in [0.25, 0.3) is 0 Å². The van der Waals surface area contributed by atoms with Crippen LogP contribution >= 0.6 is 11.8 Å². The van der Waals surface area contributed by atoms with E-state index in [1.165, 1.54) is 43.6 Å². The van der Waals surface area contributed by atoms with Gasteiger partial charge in [0, 0.05) is 36.2 Å². The Bertz CT molecular complexity index is 396. The summed E-state index contributed by atoms with van der Waals surface area (Å²) in [5, 5.41) is 9.00. The molecule has 4 heteroatoms. The lowest BCUT2D eigenvalue weighted by Gasteiger charge is -2.24. The summed E-state index contributed by atoms with van der Waals surface area (Å²) >= 11 is 2.19. The summed E-state index contributed by atoms with van der Waals surface area (Å²) in [6, 6.07) is 2.79. The van der Waals surface area contributed by atoms with Gasteiger partial charge in [-0.1, -0.05) is 26.2 Å². The summed E-state index contributed by atoms with van der Waals surface area (Å²) < 4.78 is 2.03. The molecule has 2 rings (SSSR count). The maximum Gasteiger partial charge on any atom is 0.0596 e.